The van der Waals surface area contributed by atoms with E-state index in [1.165, 1.54) is 33.6 Å². The fourth-order valence-corrected chi connectivity index (χ4v) is 4.12. The normalized spacial score (nSPS) is 10.8. The van der Waals surface area contributed by atoms with Crippen LogP contribution in [0.15, 0.2) is 11.4 Å². The molecular formula is C15H21N3OS2. The number of thiazole rings is 1. The molecule has 0 aliphatic heterocycles. The van der Waals surface area contributed by atoms with E-state index in [1.54, 1.807) is 0 Å². The lowest BCUT2D eigenvalue weighted by atomic mass is 10.1. The summed E-state index contributed by atoms with van der Waals surface area (Å²) in [5.74, 6) is -0.0747. The Balaban J connectivity index is 1.90. The van der Waals surface area contributed by atoms with Gasteiger partial charge in [0.1, 0.15) is 0 Å². The molecule has 2 aromatic heterocycles. The molecule has 1 amide bonds. The summed E-state index contributed by atoms with van der Waals surface area (Å²) in [4.78, 5) is 18.2. The third kappa shape index (κ3) is 4.91. The number of hydrogen-bond acceptors (Lipinski definition) is 5. The monoisotopic (exact) mass is 323 g/mol. The van der Waals surface area contributed by atoms with Crippen LogP contribution in [0.2, 0.25) is 0 Å². The van der Waals surface area contributed by atoms with Gasteiger partial charge in [0.25, 0.3) is 0 Å². The molecule has 3 N–H and O–H groups in total. The highest BCUT2D eigenvalue weighted by atomic mass is 32.1. The van der Waals surface area contributed by atoms with Gasteiger partial charge in [0, 0.05) is 22.1 Å². The molecule has 0 spiro atoms. The van der Waals surface area contributed by atoms with E-state index in [9.17, 15) is 4.79 Å². The number of nitrogens with zero attached hydrogens (tertiary/aromatic N) is 1. The molecule has 0 bridgehead atoms. The predicted molar refractivity (Wildman–Crippen MR) is 90.3 cm³/mol. The number of rotatable bonds is 7. The minimum absolute atomic E-state index is 0.0747. The predicted octanol–water partition coefficient (Wildman–Crippen LogP) is 3.15. The summed E-state index contributed by atoms with van der Waals surface area (Å²) in [5, 5.41) is 5.42. The summed E-state index contributed by atoms with van der Waals surface area (Å²) in [7, 11) is 0. The van der Waals surface area contributed by atoms with Crippen LogP contribution in [0, 0.1) is 6.92 Å². The number of nitrogens with two attached hydrogens (primary N) is 1. The lowest BCUT2D eigenvalue weighted by Gasteiger charge is -1.96. The molecule has 2 rings (SSSR count). The van der Waals surface area contributed by atoms with E-state index in [1.807, 2.05) is 16.7 Å². The number of nitrogens with one attached hydrogen (secondary N) is 1. The second kappa shape index (κ2) is 7.68. The van der Waals surface area contributed by atoms with Crippen LogP contribution < -0.4 is 11.1 Å². The van der Waals surface area contributed by atoms with Gasteiger partial charge in [-0.1, -0.05) is 0 Å². The number of aromatic nitrogens is 1. The molecule has 0 aliphatic carbocycles. The number of carbonyl (C=O) groups is 1. The van der Waals surface area contributed by atoms with Crippen LogP contribution in [0.3, 0.4) is 0 Å². The molecule has 0 radical (unpaired) electrons. The average Bonchev–Trinajstić information content (AvgIpc) is 3.00. The van der Waals surface area contributed by atoms with Crippen molar-refractivity contribution in [2.75, 3.05) is 11.9 Å². The summed E-state index contributed by atoms with van der Waals surface area (Å²) in [6.45, 7) is 4.42. The van der Waals surface area contributed by atoms with Gasteiger partial charge < -0.3 is 11.1 Å². The van der Waals surface area contributed by atoms with E-state index in [4.69, 9.17) is 5.73 Å². The lowest BCUT2D eigenvalue weighted by Crippen LogP contribution is -2.05. The average molecular weight is 323 g/mol. The van der Waals surface area contributed by atoms with Crippen molar-refractivity contribution in [2.24, 2.45) is 5.73 Å². The zero-order chi connectivity index (χ0) is 15.2. The summed E-state index contributed by atoms with van der Waals surface area (Å²) in [5.41, 5.74) is 7.99. The minimum atomic E-state index is -0.0747. The Hall–Kier alpha value is -1.24. The third-order valence-corrected chi connectivity index (χ3v) is 5.31. The van der Waals surface area contributed by atoms with Crippen LogP contribution >= 0.6 is 22.7 Å². The zero-order valence-corrected chi connectivity index (χ0v) is 14.1. The smallest absolute Gasteiger partial charge is 0.223 e. The number of hydrogen-bond donors (Lipinski definition) is 2. The minimum Gasteiger partial charge on any atom is -0.330 e. The van der Waals surface area contributed by atoms with Gasteiger partial charge in [-0.15, -0.1) is 22.7 Å². The number of aryl methyl sites for hydroxylation is 4. The molecule has 0 saturated carbocycles. The third-order valence-electron chi connectivity index (χ3n) is 3.14. The molecule has 2 heterocycles. The Kier molecular flexibility index (Phi) is 5.90. The molecule has 0 aromatic carbocycles. The maximum absolute atomic E-state index is 11.0. The Bertz CT molecular complexity index is 604. The number of anilines is 1. The molecule has 21 heavy (non-hydrogen) atoms. The van der Waals surface area contributed by atoms with E-state index in [0.717, 1.165) is 37.9 Å². The molecule has 0 fully saturated rings. The number of carbonyl (C=O) groups excluding carboxylic acids is 1. The summed E-state index contributed by atoms with van der Waals surface area (Å²) < 4.78 is 0. The molecule has 0 atom stereocenters. The van der Waals surface area contributed by atoms with E-state index < -0.39 is 0 Å². The molecule has 0 aliphatic rings. The zero-order valence-electron chi connectivity index (χ0n) is 12.4. The van der Waals surface area contributed by atoms with Crippen molar-refractivity contribution in [3.8, 4) is 0 Å². The second-order valence-corrected chi connectivity index (χ2v) is 7.12. The van der Waals surface area contributed by atoms with Gasteiger partial charge in [0.05, 0.1) is 5.69 Å². The van der Waals surface area contributed by atoms with Crippen LogP contribution in [0.4, 0.5) is 5.13 Å². The maximum atomic E-state index is 11.0. The van der Waals surface area contributed by atoms with Crippen LogP contribution in [-0.2, 0) is 24.1 Å². The first-order valence-corrected chi connectivity index (χ1v) is 8.78. The van der Waals surface area contributed by atoms with Crippen molar-refractivity contribution in [1.82, 2.24) is 4.98 Å². The van der Waals surface area contributed by atoms with Gasteiger partial charge in [-0.2, -0.15) is 0 Å². The largest absolute Gasteiger partial charge is 0.330 e. The molecule has 0 unspecified atom stereocenters. The number of amides is 1. The Morgan fingerprint density at radius 2 is 2.19 bits per heavy atom. The van der Waals surface area contributed by atoms with Crippen LogP contribution in [0.25, 0.3) is 0 Å². The lowest BCUT2D eigenvalue weighted by molar-refractivity contribution is -0.114. The summed E-state index contributed by atoms with van der Waals surface area (Å²) in [6, 6.07) is 2.28. The maximum Gasteiger partial charge on any atom is 0.223 e. The topological polar surface area (TPSA) is 68.0 Å². The highest BCUT2D eigenvalue weighted by molar-refractivity contribution is 7.14. The molecule has 2 aromatic rings. The van der Waals surface area contributed by atoms with Gasteiger partial charge in [0.2, 0.25) is 5.91 Å². The fourth-order valence-electron chi connectivity index (χ4n) is 2.11. The van der Waals surface area contributed by atoms with E-state index in [0.29, 0.717) is 5.13 Å². The molecule has 114 valence electrons. The highest BCUT2D eigenvalue weighted by Gasteiger charge is 2.08. The van der Waals surface area contributed by atoms with Crippen LogP contribution in [0.5, 0.6) is 0 Å². The Morgan fingerprint density at radius 1 is 1.38 bits per heavy atom. The van der Waals surface area contributed by atoms with E-state index >= 15 is 0 Å². The fraction of sp³-hybridized carbons (Fsp3) is 0.467. The first-order chi connectivity index (χ1) is 10.1. The molecule has 4 nitrogen and oxygen atoms in total. The van der Waals surface area contributed by atoms with Crippen molar-refractivity contribution < 1.29 is 4.79 Å². The molecular weight excluding hydrogens is 302 g/mol. The van der Waals surface area contributed by atoms with Gasteiger partial charge in [-0.3, -0.25) is 4.79 Å². The Morgan fingerprint density at radius 3 is 2.90 bits per heavy atom. The van der Waals surface area contributed by atoms with E-state index in [-0.39, 0.29) is 5.91 Å². The van der Waals surface area contributed by atoms with Gasteiger partial charge in [-0.05, 0) is 50.8 Å². The van der Waals surface area contributed by atoms with Crippen LogP contribution in [-0.4, -0.2) is 17.4 Å². The highest BCUT2D eigenvalue weighted by Crippen LogP contribution is 2.25. The van der Waals surface area contributed by atoms with Crippen molar-refractivity contribution in [2.45, 2.75) is 39.5 Å². The second-order valence-electron chi connectivity index (χ2n) is 5.04. The first-order valence-electron chi connectivity index (χ1n) is 7.08. The van der Waals surface area contributed by atoms with Crippen molar-refractivity contribution in [3.63, 3.8) is 0 Å². The summed E-state index contributed by atoms with van der Waals surface area (Å²) >= 11 is 3.37. The Labute approximate surface area is 133 Å². The first kappa shape index (κ1) is 16.1. The van der Waals surface area contributed by atoms with E-state index in [2.05, 4.69) is 23.3 Å². The molecule has 6 heteroatoms. The van der Waals surface area contributed by atoms with Gasteiger partial charge in [0.15, 0.2) is 5.13 Å². The van der Waals surface area contributed by atoms with Crippen molar-refractivity contribution in [1.29, 1.82) is 0 Å². The standard InChI is InChI=1S/C15H21N3OS2/c1-10-8-13(21-14(10)4-3-7-16)6-5-12-9-20-15(18-12)17-11(2)19/h8-9H,3-7,16H2,1-2H3,(H,17,18,19). The molecule has 0 saturated heterocycles. The van der Waals surface area contributed by atoms with Gasteiger partial charge >= 0.3 is 0 Å². The van der Waals surface area contributed by atoms with Gasteiger partial charge in [-0.25, -0.2) is 4.98 Å². The van der Waals surface area contributed by atoms with Crippen LogP contribution in [0.1, 0.15) is 34.4 Å². The van der Waals surface area contributed by atoms with Crippen molar-refractivity contribution in [3.05, 3.63) is 32.5 Å². The summed E-state index contributed by atoms with van der Waals surface area (Å²) in [6.07, 6.45) is 4.03. The van der Waals surface area contributed by atoms with Crippen molar-refractivity contribution >= 4 is 33.7 Å². The number of thiophene rings is 1. The quantitative estimate of drug-likeness (QED) is 0.822. The SMILES string of the molecule is CC(=O)Nc1nc(CCc2cc(C)c(CCCN)s2)cs1.